The molecule has 0 atom stereocenters. The Balaban J connectivity index is 1.91. The Bertz CT molecular complexity index is 674. The molecule has 0 spiro atoms. The lowest BCUT2D eigenvalue weighted by Gasteiger charge is -2.10. The lowest BCUT2D eigenvalue weighted by atomic mass is 10.2. The molecule has 22 heavy (non-hydrogen) atoms. The summed E-state index contributed by atoms with van der Waals surface area (Å²) < 4.78 is 15.9. The summed E-state index contributed by atoms with van der Waals surface area (Å²) in [5.41, 5.74) is 0.528. The van der Waals surface area contributed by atoms with Crippen LogP contribution < -0.4 is 14.2 Å². The molecule has 0 radical (unpaired) electrons. The van der Waals surface area contributed by atoms with Crippen LogP contribution in [0.1, 0.15) is 12.5 Å². The monoisotopic (exact) mass is 297 g/mol. The molecule has 2 aromatic carbocycles. The van der Waals surface area contributed by atoms with Crippen LogP contribution >= 0.6 is 0 Å². The van der Waals surface area contributed by atoms with Crippen molar-refractivity contribution in [1.82, 2.24) is 0 Å². The SMILES string of the molecule is CCOc1ccccc1OC(=O)COc1ccc(C#N)cc1. The molecule has 0 aliphatic carbocycles. The quantitative estimate of drug-likeness (QED) is 0.605. The summed E-state index contributed by atoms with van der Waals surface area (Å²) in [6.45, 7) is 2.11. The summed E-state index contributed by atoms with van der Waals surface area (Å²) in [6.07, 6.45) is 0. The maximum Gasteiger partial charge on any atom is 0.349 e. The number of esters is 1. The maximum atomic E-state index is 11.8. The van der Waals surface area contributed by atoms with E-state index >= 15 is 0 Å². The lowest BCUT2D eigenvalue weighted by Crippen LogP contribution is -2.18. The molecule has 5 heteroatoms. The van der Waals surface area contributed by atoms with Gasteiger partial charge in [-0.2, -0.15) is 5.26 Å². The zero-order valence-corrected chi connectivity index (χ0v) is 12.1. The normalized spacial score (nSPS) is 9.64. The van der Waals surface area contributed by atoms with E-state index in [0.29, 0.717) is 29.4 Å². The number of carbonyl (C=O) groups is 1. The summed E-state index contributed by atoms with van der Waals surface area (Å²) >= 11 is 0. The zero-order valence-electron chi connectivity index (χ0n) is 12.1. The molecule has 0 heterocycles. The Kier molecular flexibility index (Phi) is 5.38. The Morgan fingerprint density at radius 2 is 1.73 bits per heavy atom. The standard InChI is InChI=1S/C17H15NO4/c1-2-20-15-5-3-4-6-16(15)22-17(19)12-21-14-9-7-13(11-18)8-10-14/h3-10H,2,12H2,1H3. The van der Waals surface area contributed by atoms with Gasteiger partial charge in [0, 0.05) is 0 Å². The average molecular weight is 297 g/mol. The van der Waals surface area contributed by atoms with Crippen molar-refractivity contribution >= 4 is 5.97 Å². The topological polar surface area (TPSA) is 68.6 Å². The molecule has 0 amide bonds. The summed E-state index contributed by atoms with van der Waals surface area (Å²) in [6, 6.07) is 15.4. The highest BCUT2D eigenvalue weighted by Crippen LogP contribution is 2.26. The highest BCUT2D eigenvalue weighted by molar-refractivity contribution is 5.74. The molecule has 0 saturated carbocycles. The molecule has 0 unspecified atom stereocenters. The van der Waals surface area contributed by atoms with E-state index in [1.54, 1.807) is 48.5 Å². The van der Waals surface area contributed by atoms with Crippen LogP contribution in [0, 0.1) is 11.3 Å². The first-order valence-electron chi connectivity index (χ1n) is 6.78. The third-order valence-electron chi connectivity index (χ3n) is 2.71. The van der Waals surface area contributed by atoms with Gasteiger partial charge in [-0.15, -0.1) is 0 Å². The largest absolute Gasteiger partial charge is 0.490 e. The van der Waals surface area contributed by atoms with Gasteiger partial charge >= 0.3 is 5.97 Å². The summed E-state index contributed by atoms with van der Waals surface area (Å²) in [7, 11) is 0. The van der Waals surface area contributed by atoms with Crippen molar-refractivity contribution < 1.29 is 19.0 Å². The Labute approximate surface area is 128 Å². The van der Waals surface area contributed by atoms with E-state index in [1.165, 1.54) is 0 Å². The van der Waals surface area contributed by atoms with Crippen molar-refractivity contribution in [3.8, 4) is 23.3 Å². The number of benzene rings is 2. The zero-order chi connectivity index (χ0) is 15.8. The second kappa shape index (κ2) is 7.70. The van der Waals surface area contributed by atoms with Crippen molar-refractivity contribution in [3.63, 3.8) is 0 Å². The van der Waals surface area contributed by atoms with Gasteiger partial charge in [0.05, 0.1) is 18.2 Å². The molecule has 0 aliphatic heterocycles. The van der Waals surface area contributed by atoms with Crippen LogP contribution in [0.5, 0.6) is 17.2 Å². The maximum absolute atomic E-state index is 11.8. The third-order valence-corrected chi connectivity index (χ3v) is 2.71. The van der Waals surface area contributed by atoms with E-state index in [-0.39, 0.29) is 6.61 Å². The highest BCUT2D eigenvalue weighted by Gasteiger charge is 2.10. The first-order chi connectivity index (χ1) is 10.7. The molecular formula is C17H15NO4. The number of nitrogens with zero attached hydrogens (tertiary/aromatic N) is 1. The van der Waals surface area contributed by atoms with Gasteiger partial charge in [-0.3, -0.25) is 0 Å². The Morgan fingerprint density at radius 3 is 2.36 bits per heavy atom. The van der Waals surface area contributed by atoms with E-state index in [2.05, 4.69) is 0 Å². The van der Waals surface area contributed by atoms with Gasteiger partial charge in [0.25, 0.3) is 0 Å². The minimum absolute atomic E-state index is 0.230. The molecular weight excluding hydrogens is 282 g/mol. The van der Waals surface area contributed by atoms with Gasteiger partial charge in [0.15, 0.2) is 18.1 Å². The van der Waals surface area contributed by atoms with E-state index in [0.717, 1.165) is 0 Å². The van der Waals surface area contributed by atoms with Crippen LogP contribution in [0.25, 0.3) is 0 Å². The molecule has 0 aromatic heterocycles. The number of hydrogen-bond donors (Lipinski definition) is 0. The van der Waals surface area contributed by atoms with Crippen molar-refractivity contribution in [2.24, 2.45) is 0 Å². The Morgan fingerprint density at radius 1 is 1.05 bits per heavy atom. The second-order valence-corrected chi connectivity index (χ2v) is 4.28. The fourth-order valence-electron chi connectivity index (χ4n) is 1.73. The number of ether oxygens (including phenoxy) is 3. The molecule has 0 fully saturated rings. The van der Waals surface area contributed by atoms with Crippen LogP contribution in [0.15, 0.2) is 48.5 Å². The number of carbonyl (C=O) groups excluding carboxylic acids is 1. The van der Waals surface area contributed by atoms with Gasteiger partial charge < -0.3 is 14.2 Å². The van der Waals surface area contributed by atoms with Crippen LogP contribution in [0.2, 0.25) is 0 Å². The summed E-state index contributed by atoms with van der Waals surface area (Å²) in [5.74, 6) is 0.833. The van der Waals surface area contributed by atoms with E-state index < -0.39 is 5.97 Å². The second-order valence-electron chi connectivity index (χ2n) is 4.28. The number of rotatable bonds is 6. The highest BCUT2D eigenvalue weighted by atomic mass is 16.6. The van der Waals surface area contributed by atoms with Crippen molar-refractivity contribution in [2.75, 3.05) is 13.2 Å². The van der Waals surface area contributed by atoms with Crippen molar-refractivity contribution in [2.45, 2.75) is 6.92 Å². The molecule has 0 saturated heterocycles. The van der Waals surface area contributed by atoms with Crippen LogP contribution in [0.4, 0.5) is 0 Å². The molecule has 0 bridgehead atoms. The van der Waals surface area contributed by atoms with E-state index in [1.807, 2.05) is 13.0 Å². The minimum atomic E-state index is -0.531. The first-order valence-corrected chi connectivity index (χ1v) is 6.78. The van der Waals surface area contributed by atoms with Gasteiger partial charge in [0.2, 0.25) is 0 Å². The number of hydrogen-bond acceptors (Lipinski definition) is 5. The average Bonchev–Trinajstić information content (AvgIpc) is 2.55. The number of para-hydroxylation sites is 2. The predicted octanol–water partition coefficient (Wildman–Crippen LogP) is 2.94. The summed E-state index contributed by atoms with van der Waals surface area (Å²) in [4.78, 5) is 11.8. The molecule has 2 aromatic rings. The lowest BCUT2D eigenvalue weighted by molar-refractivity contribution is -0.136. The first kappa shape index (κ1) is 15.4. The fourth-order valence-corrected chi connectivity index (χ4v) is 1.73. The molecule has 0 N–H and O–H groups in total. The summed E-state index contributed by atoms with van der Waals surface area (Å²) in [5, 5.41) is 8.70. The van der Waals surface area contributed by atoms with Gasteiger partial charge in [0.1, 0.15) is 5.75 Å². The van der Waals surface area contributed by atoms with Crippen molar-refractivity contribution in [3.05, 3.63) is 54.1 Å². The number of nitriles is 1. The van der Waals surface area contributed by atoms with Crippen LogP contribution in [-0.4, -0.2) is 19.2 Å². The van der Waals surface area contributed by atoms with Crippen molar-refractivity contribution in [1.29, 1.82) is 5.26 Å². The Hall–Kier alpha value is -3.00. The molecule has 5 nitrogen and oxygen atoms in total. The van der Waals surface area contributed by atoms with Gasteiger partial charge in [-0.25, -0.2) is 4.79 Å². The fraction of sp³-hybridized carbons (Fsp3) is 0.176. The molecule has 2 rings (SSSR count). The van der Waals surface area contributed by atoms with E-state index in [9.17, 15) is 4.79 Å². The van der Waals surface area contributed by atoms with Gasteiger partial charge in [-0.05, 0) is 43.3 Å². The predicted molar refractivity (Wildman–Crippen MR) is 79.9 cm³/mol. The third kappa shape index (κ3) is 4.25. The minimum Gasteiger partial charge on any atom is -0.490 e. The van der Waals surface area contributed by atoms with Gasteiger partial charge in [-0.1, -0.05) is 12.1 Å². The van der Waals surface area contributed by atoms with Crippen LogP contribution in [0.3, 0.4) is 0 Å². The van der Waals surface area contributed by atoms with Crippen LogP contribution in [-0.2, 0) is 4.79 Å². The molecule has 0 aliphatic rings. The smallest absolute Gasteiger partial charge is 0.349 e. The van der Waals surface area contributed by atoms with E-state index in [4.69, 9.17) is 19.5 Å². The molecule has 112 valence electrons.